The average Bonchev–Trinajstić information content (AvgIpc) is 2.80. The van der Waals surface area contributed by atoms with E-state index in [0.717, 1.165) is 23.3 Å². The number of hydrogen-bond donors (Lipinski definition) is 0. The second-order valence-electron chi connectivity index (χ2n) is 6.73. The van der Waals surface area contributed by atoms with Crippen molar-refractivity contribution in [3.8, 4) is 23.3 Å². The van der Waals surface area contributed by atoms with Crippen molar-refractivity contribution < 1.29 is 23.0 Å². The highest BCUT2D eigenvalue weighted by Gasteiger charge is 2.18. The van der Waals surface area contributed by atoms with Gasteiger partial charge in [-0.05, 0) is 35.4 Å². The average molecular weight is 424 g/mol. The van der Waals surface area contributed by atoms with Gasteiger partial charge in [-0.1, -0.05) is 24.3 Å². The number of ether oxygens (including phenoxy) is 3. The van der Waals surface area contributed by atoms with Gasteiger partial charge in [-0.3, -0.25) is 0 Å². The molecule has 0 spiro atoms. The first kappa shape index (κ1) is 21.9. The molecule has 0 aliphatic carbocycles. The SMILES string of the molecule is COc1ccc(CN(Cc2ccc(OC)cc2)c2cc(F)c(OCC#N)cc2F)cc1. The number of nitriles is 1. The number of rotatable bonds is 9. The summed E-state index contributed by atoms with van der Waals surface area (Å²) in [5.74, 6) is -0.252. The van der Waals surface area contributed by atoms with Gasteiger partial charge < -0.3 is 19.1 Å². The number of methoxy groups -OCH3 is 2. The fraction of sp³-hybridized carbons (Fsp3) is 0.208. The van der Waals surface area contributed by atoms with Crippen LogP contribution in [0.3, 0.4) is 0 Å². The van der Waals surface area contributed by atoms with Crippen molar-refractivity contribution in [1.82, 2.24) is 0 Å². The molecule has 0 fully saturated rings. The number of anilines is 1. The molecule has 0 N–H and O–H groups in total. The topological polar surface area (TPSA) is 54.7 Å². The van der Waals surface area contributed by atoms with Crippen LogP contribution in [-0.4, -0.2) is 20.8 Å². The molecule has 3 rings (SSSR count). The molecular formula is C24H22F2N2O3. The van der Waals surface area contributed by atoms with Gasteiger partial charge in [-0.2, -0.15) is 5.26 Å². The molecule has 0 saturated heterocycles. The van der Waals surface area contributed by atoms with E-state index in [9.17, 15) is 8.78 Å². The molecular weight excluding hydrogens is 402 g/mol. The maximum absolute atomic E-state index is 14.9. The van der Waals surface area contributed by atoms with Crippen LogP contribution in [-0.2, 0) is 13.1 Å². The molecule has 5 nitrogen and oxygen atoms in total. The first-order valence-corrected chi connectivity index (χ1v) is 9.53. The Labute approximate surface area is 180 Å². The summed E-state index contributed by atoms with van der Waals surface area (Å²) in [5, 5.41) is 8.62. The van der Waals surface area contributed by atoms with Crippen molar-refractivity contribution in [2.75, 3.05) is 25.7 Å². The molecule has 3 aromatic carbocycles. The van der Waals surface area contributed by atoms with Crippen molar-refractivity contribution in [1.29, 1.82) is 5.26 Å². The lowest BCUT2D eigenvalue weighted by atomic mass is 10.1. The zero-order valence-electron chi connectivity index (χ0n) is 17.3. The second kappa shape index (κ2) is 10.3. The van der Waals surface area contributed by atoms with E-state index >= 15 is 0 Å². The van der Waals surface area contributed by atoms with E-state index in [-0.39, 0.29) is 18.0 Å². The third kappa shape index (κ3) is 5.64. The highest BCUT2D eigenvalue weighted by molar-refractivity contribution is 5.52. The van der Waals surface area contributed by atoms with Gasteiger partial charge in [0.25, 0.3) is 0 Å². The summed E-state index contributed by atoms with van der Waals surface area (Å²) in [6.07, 6.45) is 0. The Morgan fingerprint density at radius 2 is 1.32 bits per heavy atom. The van der Waals surface area contributed by atoms with Gasteiger partial charge in [0.05, 0.1) is 19.9 Å². The number of benzene rings is 3. The van der Waals surface area contributed by atoms with E-state index in [1.165, 1.54) is 0 Å². The molecule has 0 aliphatic heterocycles. The summed E-state index contributed by atoms with van der Waals surface area (Å²) in [5.41, 5.74) is 1.89. The van der Waals surface area contributed by atoms with Crippen LogP contribution in [0.5, 0.6) is 17.2 Å². The molecule has 0 radical (unpaired) electrons. The number of hydrogen-bond acceptors (Lipinski definition) is 5. The van der Waals surface area contributed by atoms with E-state index < -0.39 is 11.6 Å². The van der Waals surface area contributed by atoms with Crippen molar-refractivity contribution in [2.45, 2.75) is 13.1 Å². The molecule has 160 valence electrons. The highest BCUT2D eigenvalue weighted by Crippen LogP contribution is 2.30. The Morgan fingerprint density at radius 3 is 1.77 bits per heavy atom. The first-order chi connectivity index (χ1) is 15.0. The summed E-state index contributed by atoms with van der Waals surface area (Å²) in [7, 11) is 3.16. The summed E-state index contributed by atoms with van der Waals surface area (Å²) in [6.45, 7) is 0.312. The van der Waals surface area contributed by atoms with Crippen LogP contribution in [0.15, 0.2) is 60.7 Å². The normalized spacial score (nSPS) is 10.3. The summed E-state index contributed by atoms with van der Waals surface area (Å²) < 4.78 is 44.8. The van der Waals surface area contributed by atoms with Crippen LogP contribution in [0.4, 0.5) is 14.5 Å². The van der Waals surface area contributed by atoms with E-state index in [2.05, 4.69) is 0 Å². The monoisotopic (exact) mass is 424 g/mol. The first-order valence-electron chi connectivity index (χ1n) is 9.53. The molecule has 31 heavy (non-hydrogen) atoms. The van der Waals surface area contributed by atoms with Crippen LogP contribution in [0.1, 0.15) is 11.1 Å². The van der Waals surface area contributed by atoms with Crippen LogP contribution < -0.4 is 19.1 Å². The Hall–Kier alpha value is -3.79. The van der Waals surface area contributed by atoms with Gasteiger partial charge in [0.1, 0.15) is 23.4 Å². The molecule has 0 amide bonds. The van der Waals surface area contributed by atoms with Crippen LogP contribution in [0.25, 0.3) is 0 Å². The van der Waals surface area contributed by atoms with Gasteiger partial charge >= 0.3 is 0 Å². The number of nitrogens with zero attached hydrogens (tertiary/aromatic N) is 2. The predicted molar refractivity (Wildman–Crippen MR) is 113 cm³/mol. The molecule has 0 bridgehead atoms. The second-order valence-corrected chi connectivity index (χ2v) is 6.73. The maximum Gasteiger partial charge on any atom is 0.174 e. The fourth-order valence-electron chi connectivity index (χ4n) is 3.11. The molecule has 3 aromatic rings. The Kier molecular flexibility index (Phi) is 7.28. The van der Waals surface area contributed by atoms with Crippen LogP contribution in [0, 0.1) is 23.0 Å². The zero-order chi connectivity index (χ0) is 22.2. The molecule has 0 aliphatic rings. The van der Waals surface area contributed by atoms with Crippen molar-refractivity contribution in [2.24, 2.45) is 0 Å². The Bertz CT molecular complexity index is 999. The largest absolute Gasteiger partial charge is 0.497 e. The van der Waals surface area contributed by atoms with Gasteiger partial charge in [-0.25, -0.2) is 8.78 Å². The third-order valence-corrected chi connectivity index (χ3v) is 4.70. The number of halogens is 2. The predicted octanol–water partition coefficient (Wildman–Crippen LogP) is 5.09. The molecule has 0 saturated carbocycles. The van der Waals surface area contributed by atoms with Crippen LogP contribution >= 0.6 is 0 Å². The van der Waals surface area contributed by atoms with E-state index in [4.69, 9.17) is 19.5 Å². The van der Waals surface area contributed by atoms with Crippen molar-refractivity contribution in [3.63, 3.8) is 0 Å². The lowest BCUT2D eigenvalue weighted by Crippen LogP contribution is -2.23. The maximum atomic E-state index is 14.9. The Morgan fingerprint density at radius 1 is 0.806 bits per heavy atom. The quantitative estimate of drug-likeness (QED) is 0.479. The molecule has 7 heteroatoms. The lowest BCUT2D eigenvalue weighted by Gasteiger charge is -2.26. The zero-order valence-corrected chi connectivity index (χ0v) is 17.3. The fourth-order valence-corrected chi connectivity index (χ4v) is 3.11. The Balaban J connectivity index is 1.93. The third-order valence-electron chi connectivity index (χ3n) is 4.70. The van der Waals surface area contributed by atoms with Gasteiger partial charge in [-0.15, -0.1) is 0 Å². The molecule has 0 atom stereocenters. The standard InChI is InChI=1S/C24H22F2N2O3/c1-29-19-7-3-17(4-8-19)15-28(16-18-5-9-20(30-2)10-6-18)23-13-22(26)24(14-21(23)25)31-12-11-27/h3-10,13-14H,12,15-16H2,1-2H3. The minimum atomic E-state index is -0.735. The summed E-state index contributed by atoms with van der Waals surface area (Å²) >= 11 is 0. The highest BCUT2D eigenvalue weighted by atomic mass is 19.1. The minimum absolute atomic E-state index is 0.0912. The van der Waals surface area contributed by atoms with Gasteiger partial charge in [0, 0.05) is 25.2 Å². The smallest absolute Gasteiger partial charge is 0.174 e. The van der Waals surface area contributed by atoms with Crippen molar-refractivity contribution in [3.05, 3.63) is 83.4 Å². The van der Waals surface area contributed by atoms with Crippen LogP contribution in [0.2, 0.25) is 0 Å². The van der Waals surface area contributed by atoms with Crippen molar-refractivity contribution >= 4 is 5.69 Å². The summed E-state index contributed by atoms with van der Waals surface area (Å²) in [4.78, 5) is 1.73. The van der Waals surface area contributed by atoms with E-state index in [1.807, 2.05) is 48.5 Å². The van der Waals surface area contributed by atoms with Gasteiger partial charge in [0.2, 0.25) is 0 Å². The lowest BCUT2D eigenvalue weighted by molar-refractivity contribution is 0.343. The molecule has 0 heterocycles. The van der Waals surface area contributed by atoms with E-state index in [0.29, 0.717) is 24.6 Å². The minimum Gasteiger partial charge on any atom is -0.497 e. The molecule has 0 aromatic heterocycles. The molecule has 0 unspecified atom stereocenters. The summed E-state index contributed by atoms with van der Waals surface area (Å²) in [6, 6.07) is 18.6. The van der Waals surface area contributed by atoms with Gasteiger partial charge in [0.15, 0.2) is 18.2 Å². The van der Waals surface area contributed by atoms with E-state index in [1.54, 1.807) is 25.2 Å².